The van der Waals surface area contributed by atoms with E-state index in [1.165, 1.54) is 36.7 Å². The van der Waals surface area contributed by atoms with Gasteiger partial charge in [0.1, 0.15) is 6.29 Å². The van der Waals surface area contributed by atoms with Gasteiger partial charge in [-0.05, 0) is 54.2 Å². The molecule has 170 valence electrons. The van der Waals surface area contributed by atoms with Gasteiger partial charge in [-0.15, -0.1) is 0 Å². The molecule has 2 aromatic rings. The van der Waals surface area contributed by atoms with Gasteiger partial charge in [0, 0.05) is 54.8 Å². The molecule has 0 spiro atoms. The summed E-state index contributed by atoms with van der Waals surface area (Å²) in [7, 11) is 0. The molecule has 4 nitrogen and oxygen atoms in total. The van der Waals surface area contributed by atoms with E-state index in [1.807, 2.05) is 12.1 Å². The van der Waals surface area contributed by atoms with Crippen LogP contribution >= 0.6 is 27.5 Å². The number of carbonyl (C=O) groups excluding carboxylic acids is 1. The molecule has 6 heteroatoms. The first-order valence-electron chi connectivity index (χ1n) is 11.8. The van der Waals surface area contributed by atoms with Gasteiger partial charge in [-0.3, -0.25) is 14.7 Å². The van der Waals surface area contributed by atoms with Crippen molar-refractivity contribution in [3.05, 3.63) is 68.7 Å². The largest absolute Gasteiger partial charge is 0.302 e. The molecule has 5 rings (SSSR count). The second-order valence-corrected chi connectivity index (χ2v) is 10.7. The van der Waals surface area contributed by atoms with Crippen molar-refractivity contribution in [2.45, 2.75) is 43.8 Å². The fraction of sp³-hybridized carbons (Fsp3) is 0.500. The lowest BCUT2D eigenvalue weighted by atomic mass is 9.87. The predicted molar refractivity (Wildman–Crippen MR) is 133 cm³/mol. The Balaban J connectivity index is 1.37. The van der Waals surface area contributed by atoms with Gasteiger partial charge < -0.3 is 4.79 Å². The molecular formula is C26H31BrClN3O. The van der Waals surface area contributed by atoms with Crippen molar-refractivity contribution in [1.82, 2.24) is 14.7 Å². The molecule has 2 aromatic carbocycles. The molecule has 2 atom stereocenters. The summed E-state index contributed by atoms with van der Waals surface area (Å²) in [4.78, 5) is 19.7. The summed E-state index contributed by atoms with van der Waals surface area (Å²) in [5.74, 6) is 0. The molecule has 0 radical (unpaired) electrons. The Hall–Kier alpha value is -1.24. The number of piperazine rings is 1. The molecule has 3 aliphatic rings. The van der Waals surface area contributed by atoms with E-state index in [4.69, 9.17) is 11.6 Å². The zero-order chi connectivity index (χ0) is 22.1. The van der Waals surface area contributed by atoms with E-state index in [1.54, 1.807) is 0 Å². The Morgan fingerprint density at radius 3 is 2.50 bits per heavy atom. The van der Waals surface area contributed by atoms with Crippen molar-refractivity contribution in [3.8, 4) is 0 Å². The lowest BCUT2D eigenvalue weighted by Crippen LogP contribution is -2.57. The average molecular weight is 517 g/mol. The number of benzene rings is 2. The van der Waals surface area contributed by atoms with Crippen LogP contribution in [-0.4, -0.2) is 72.3 Å². The lowest BCUT2D eigenvalue weighted by molar-refractivity contribution is -0.114. The topological polar surface area (TPSA) is 26.8 Å². The van der Waals surface area contributed by atoms with Crippen LogP contribution in [0, 0.1) is 0 Å². The van der Waals surface area contributed by atoms with Crippen LogP contribution in [0.15, 0.2) is 46.9 Å². The number of carbonyl (C=O) groups is 1. The molecule has 2 fully saturated rings. The van der Waals surface area contributed by atoms with Crippen LogP contribution in [-0.2, 0) is 11.2 Å². The summed E-state index contributed by atoms with van der Waals surface area (Å²) in [6.45, 7) is 5.78. The molecular weight excluding hydrogens is 486 g/mol. The highest BCUT2D eigenvalue weighted by atomic mass is 79.9. The van der Waals surface area contributed by atoms with Crippen molar-refractivity contribution in [1.29, 1.82) is 0 Å². The second-order valence-electron chi connectivity index (χ2n) is 9.37. The average Bonchev–Trinajstić information content (AvgIpc) is 2.77. The molecule has 0 amide bonds. The zero-order valence-corrected chi connectivity index (χ0v) is 20.8. The molecule has 0 aromatic heterocycles. The van der Waals surface area contributed by atoms with E-state index < -0.39 is 0 Å². The molecule has 0 bridgehead atoms. The van der Waals surface area contributed by atoms with Gasteiger partial charge >= 0.3 is 0 Å². The number of hydrogen-bond acceptors (Lipinski definition) is 4. The number of nitrogens with zero attached hydrogens (tertiary/aromatic N) is 3. The third-order valence-electron chi connectivity index (χ3n) is 7.62. The summed E-state index contributed by atoms with van der Waals surface area (Å²) >= 11 is 10.3. The summed E-state index contributed by atoms with van der Waals surface area (Å²) in [5, 5.41) is 0.787. The third kappa shape index (κ3) is 4.55. The lowest BCUT2D eigenvalue weighted by Gasteiger charge is -2.45. The molecule has 2 aliphatic heterocycles. The van der Waals surface area contributed by atoms with E-state index in [-0.39, 0.29) is 12.1 Å². The maximum Gasteiger partial charge on any atom is 0.138 e. The quantitative estimate of drug-likeness (QED) is 0.516. The van der Waals surface area contributed by atoms with Gasteiger partial charge in [-0.25, -0.2) is 0 Å². The summed E-state index contributed by atoms with van der Waals surface area (Å²) in [6, 6.07) is 15.5. The van der Waals surface area contributed by atoms with Gasteiger partial charge in [0.25, 0.3) is 0 Å². The van der Waals surface area contributed by atoms with Crippen molar-refractivity contribution < 1.29 is 4.79 Å². The van der Waals surface area contributed by atoms with Crippen LogP contribution in [0.4, 0.5) is 0 Å². The molecule has 0 N–H and O–H groups in total. The van der Waals surface area contributed by atoms with Crippen LogP contribution < -0.4 is 0 Å². The second kappa shape index (κ2) is 9.94. The minimum Gasteiger partial charge on any atom is -0.302 e. The Morgan fingerprint density at radius 2 is 1.81 bits per heavy atom. The molecule has 1 aliphatic carbocycles. The van der Waals surface area contributed by atoms with E-state index in [9.17, 15) is 4.79 Å². The van der Waals surface area contributed by atoms with Gasteiger partial charge in [-0.2, -0.15) is 0 Å². The molecule has 2 unspecified atom stereocenters. The molecule has 32 heavy (non-hydrogen) atoms. The number of fused-ring (bicyclic) bond motifs is 1. The Bertz CT molecular complexity index is 958. The van der Waals surface area contributed by atoms with Gasteiger partial charge in [0.2, 0.25) is 0 Å². The monoisotopic (exact) mass is 515 g/mol. The van der Waals surface area contributed by atoms with Gasteiger partial charge in [0.05, 0.1) is 12.1 Å². The highest BCUT2D eigenvalue weighted by molar-refractivity contribution is 9.10. The van der Waals surface area contributed by atoms with Crippen LogP contribution in [0.5, 0.6) is 0 Å². The first kappa shape index (κ1) is 22.5. The SMILES string of the molecule is O=CC(CN1CCc2cc(Br)ccc2C1c1ccccc1Cl)N1CCN(C2CCC2)CC1. The number of aldehydes is 1. The maximum atomic E-state index is 12.2. The van der Waals surface area contributed by atoms with E-state index >= 15 is 0 Å². The van der Waals surface area contributed by atoms with E-state index in [0.717, 1.165) is 66.8 Å². The van der Waals surface area contributed by atoms with Crippen LogP contribution in [0.3, 0.4) is 0 Å². The Labute approximate surface area is 204 Å². The first-order chi connectivity index (χ1) is 15.6. The standard InChI is InChI=1S/C26H31BrClN3O/c27-20-8-9-23-19(16-20)10-11-31(26(23)24-6-1-2-7-25(24)28)17-22(18-32)30-14-12-29(13-15-30)21-4-3-5-21/h1-2,6-9,16,18,21-22,26H,3-5,10-15,17H2. The maximum absolute atomic E-state index is 12.2. The number of hydrogen-bond donors (Lipinski definition) is 0. The van der Waals surface area contributed by atoms with Crippen molar-refractivity contribution in [2.75, 3.05) is 39.3 Å². The van der Waals surface area contributed by atoms with Gasteiger partial charge in [-0.1, -0.05) is 58.2 Å². The van der Waals surface area contributed by atoms with Crippen molar-refractivity contribution in [3.63, 3.8) is 0 Å². The number of halogens is 2. The smallest absolute Gasteiger partial charge is 0.138 e. The van der Waals surface area contributed by atoms with E-state index in [0.29, 0.717) is 0 Å². The minimum atomic E-state index is -0.0828. The fourth-order valence-corrected chi connectivity index (χ4v) is 6.22. The van der Waals surface area contributed by atoms with Gasteiger partial charge in [0.15, 0.2) is 0 Å². The van der Waals surface area contributed by atoms with Crippen molar-refractivity contribution >= 4 is 33.8 Å². The predicted octanol–water partition coefficient (Wildman–Crippen LogP) is 4.79. The number of rotatable bonds is 6. The highest BCUT2D eigenvalue weighted by Crippen LogP contribution is 2.39. The normalized spacial score (nSPS) is 24.0. The van der Waals surface area contributed by atoms with Crippen LogP contribution in [0.25, 0.3) is 0 Å². The van der Waals surface area contributed by atoms with Crippen LogP contribution in [0.2, 0.25) is 5.02 Å². The zero-order valence-electron chi connectivity index (χ0n) is 18.4. The Morgan fingerprint density at radius 1 is 1.03 bits per heavy atom. The third-order valence-corrected chi connectivity index (χ3v) is 8.46. The van der Waals surface area contributed by atoms with Crippen molar-refractivity contribution in [2.24, 2.45) is 0 Å². The highest BCUT2D eigenvalue weighted by Gasteiger charge is 2.35. The summed E-state index contributed by atoms with van der Waals surface area (Å²) < 4.78 is 1.11. The summed E-state index contributed by atoms with van der Waals surface area (Å²) in [6.07, 6.45) is 6.22. The molecule has 1 saturated carbocycles. The summed E-state index contributed by atoms with van der Waals surface area (Å²) in [5.41, 5.74) is 3.78. The van der Waals surface area contributed by atoms with E-state index in [2.05, 4.69) is 61.0 Å². The fourth-order valence-electron chi connectivity index (χ4n) is 5.58. The first-order valence-corrected chi connectivity index (χ1v) is 13.0. The van der Waals surface area contributed by atoms with Crippen LogP contribution in [0.1, 0.15) is 42.0 Å². The molecule has 2 heterocycles. The Kier molecular flexibility index (Phi) is 7.00. The molecule has 1 saturated heterocycles. The minimum absolute atomic E-state index is 0.0688.